The molecule has 3 amide bonds. The van der Waals surface area contributed by atoms with Crippen LogP contribution in [0.1, 0.15) is 39.2 Å². The molecule has 1 aromatic rings. The van der Waals surface area contributed by atoms with E-state index in [0.29, 0.717) is 25.9 Å². The number of benzene rings is 1. The second kappa shape index (κ2) is 7.02. The number of carbonyl (C=O) groups is 2. The summed E-state index contributed by atoms with van der Waals surface area (Å²) in [6, 6.07) is 7.83. The molecule has 0 radical (unpaired) electrons. The maximum Gasteiger partial charge on any atom is 0.321 e. The average Bonchev–Trinajstić information content (AvgIpc) is 2.53. The Morgan fingerprint density at radius 2 is 1.74 bits per heavy atom. The largest absolute Gasteiger partial charge is 0.359 e. The molecule has 5 nitrogen and oxygen atoms in total. The van der Waals surface area contributed by atoms with Gasteiger partial charge >= 0.3 is 6.03 Å². The second-order valence-electron chi connectivity index (χ2n) is 7.10. The lowest BCUT2D eigenvalue weighted by Gasteiger charge is -2.32. The predicted octanol–water partition coefficient (Wildman–Crippen LogP) is 2.97. The Morgan fingerprint density at radius 1 is 1.13 bits per heavy atom. The van der Waals surface area contributed by atoms with Gasteiger partial charge < -0.3 is 15.5 Å². The second-order valence-corrected chi connectivity index (χ2v) is 7.10. The van der Waals surface area contributed by atoms with Gasteiger partial charge in [0.15, 0.2) is 0 Å². The Kier molecular flexibility index (Phi) is 5.29. The monoisotopic (exact) mass is 317 g/mol. The molecular weight excluding hydrogens is 290 g/mol. The molecule has 2 N–H and O–H groups in total. The van der Waals surface area contributed by atoms with Crippen LogP contribution < -0.4 is 10.6 Å². The molecule has 1 saturated heterocycles. The minimum atomic E-state index is -0.0861. The fourth-order valence-electron chi connectivity index (χ4n) is 2.99. The Balaban J connectivity index is 2.00. The van der Waals surface area contributed by atoms with Crippen molar-refractivity contribution in [3.63, 3.8) is 0 Å². The predicted molar refractivity (Wildman–Crippen MR) is 92.5 cm³/mol. The van der Waals surface area contributed by atoms with Gasteiger partial charge in [0.05, 0.1) is 0 Å². The number of hydrogen-bond acceptors (Lipinski definition) is 2. The smallest absolute Gasteiger partial charge is 0.321 e. The first-order chi connectivity index (χ1) is 10.8. The molecule has 0 aliphatic carbocycles. The zero-order valence-corrected chi connectivity index (χ0v) is 14.5. The summed E-state index contributed by atoms with van der Waals surface area (Å²) in [7, 11) is 1.66. The lowest BCUT2D eigenvalue weighted by molar-refractivity contribution is -0.125. The average molecular weight is 317 g/mol. The molecule has 0 saturated carbocycles. The highest BCUT2D eigenvalue weighted by Crippen LogP contribution is 2.29. The molecule has 0 bridgehead atoms. The van der Waals surface area contributed by atoms with Crippen LogP contribution in [-0.4, -0.2) is 37.0 Å². The normalized spacial score (nSPS) is 16.1. The van der Waals surface area contributed by atoms with Crippen LogP contribution in [0.25, 0.3) is 0 Å². The third-order valence-electron chi connectivity index (χ3n) is 4.38. The van der Waals surface area contributed by atoms with Gasteiger partial charge in [-0.15, -0.1) is 0 Å². The fraction of sp³-hybridized carbons (Fsp3) is 0.556. The SMILES string of the molecule is CNC(=O)C1CCN(C(=O)Nc2ccccc2C(C)(C)C)CC1. The van der Waals surface area contributed by atoms with Crippen molar-refractivity contribution in [2.45, 2.75) is 39.0 Å². The van der Waals surface area contributed by atoms with Gasteiger partial charge in [-0.3, -0.25) is 4.79 Å². The first kappa shape index (κ1) is 17.3. The number of nitrogens with one attached hydrogen (secondary N) is 2. The molecule has 5 heteroatoms. The van der Waals surface area contributed by atoms with Crippen LogP contribution in [0.2, 0.25) is 0 Å². The molecule has 0 unspecified atom stereocenters. The maximum atomic E-state index is 12.5. The van der Waals surface area contributed by atoms with Gasteiger partial charge in [-0.2, -0.15) is 0 Å². The molecule has 0 aromatic heterocycles. The van der Waals surface area contributed by atoms with E-state index in [4.69, 9.17) is 0 Å². The minimum Gasteiger partial charge on any atom is -0.359 e. The number of urea groups is 1. The van der Waals surface area contributed by atoms with Crippen molar-refractivity contribution < 1.29 is 9.59 Å². The van der Waals surface area contributed by atoms with Crippen molar-refractivity contribution in [3.8, 4) is 0 Å². The number of anilines is 1. The summed E-state index contributed by atoms with van der Waals surface area (Å²) in [6.45, 7) is 7.62. The molecule has 23 heavy (non-hydrogen) atoms. The van der Waals surface area contributed by atoms with Gasteiger partial charge in [0, 0.05) is 31.7 Å². The summed E-state index contributed by atoms with van der Waals surface area (Å²) < 4.78 is 0. The highest BCUT2D eigenvalue weighted by atomic mass is 16.2. The summed E-state index contributed by atoms with van der Waals surface area (Å²) in [4.78, 5) is 26.0. The van der Waals surface area contributed by atoms with E-state index < -0.39 is 0 Å². The Bertz CT molecular complexity index is 570. The molecule has 1 aliphatic rings. The minimum absolute atomic E-state index is 0.0194. The Morgan fingerprint density at radius 3 is 2.30 bits per heavy atom. The highest BCUT2D eigenvalue weighted by molar-refractivity contribution is 5.90. The van der Waals surface area contributed by atoms with Gasteiger partial charge in [-0.1, -0.05) is 39.0 Å². The van der Waals surface area contributed by atoms with Crippen LogP contribution in [0.4, 0.5) is 10.5 Å². The standard InChI is InChI=1S/C18H27N3O2/c1-18(2,3)14-7-5-6-8-15(14)20-17(23)21-11-9-13(10-12-21)16(22)19-4/h5-8,13H,9-12H2,1-4H3,(H,19,22)(H,20,23). The number of nitrogens with zero attached hydrogens (tertiary/aromatic N) is 1. The third kappa shape index (κ3) is 4.24. The first-order valence-electron chi connectivity index (χ1n) is 8.20. The van der Waals surface area contributed by atoms with Crippen LogP contribution in [0.5, 0.6) is 0 Å². The number of hydrogen-bond donors (Lipinski definition) is 2. The molecule has 1 aliphatic heterocycles. The summed E-state index contributed by atoms with van der Waals surface area (Å²) in [5.41, 5.74) is 1.95. The van der Waals surface area contributed by atoms with E-state index >= 15 is 0 Å². The maximum absolute atomic E-state index is 12.5. The molecule has 0 spiro atoms. The first-order valence-corrected chi connectivity index (χ1v) is 8.20. The molecular formula is C18H27N3O2. The van der Waals surface area contributed by atoms with Gasteiger partial charge in [0.25, 0.3) is 0 Å². The third-order valence-corrected chi connectivity index (χ3v) is 4.38. The van der Waals surface area contributed by atoms with E-state index in [1.807, 2.05) is 24.3 Å². The number of rotatable bonds is 2. The van der Waals surface area contributed by atoms with E-state index in [1.165, 1.54) is 0 Å². The number of para-hydroxylation sites is 1. The number of amides is 3. The van der Waals surface area contributed by atoms with E-state index in [-0.39, 0.29) is 23.3 Å². The number of carbonyl (C=O) groups excluding carboxylic acids is 2. The molecule has 1 fully saturated rings. The van der Waals surface area contributed by atoms with Crippen LogP contribution in [0.15, 0.2) is 24.3 Å². The van der Waals surface area contributed by atoms with E-state index in [9.17, 15) is 9.59 Å². The van der Waals surface area contributed by atoms with Crippen molar-refractivity contribution in [3.05, 3.63) is 29.8 Å². The fourth-order valence-corrected chi connectivity index (χ4v) is 2.99. The van der Waals surface area contributed by atoms with Gasteiger partial charge in [0.2, 0.25) is 5.91 Å². The van der Waals surface area contributed by atoms with Gasteiger partial charge in [-0.25, -0.2) is 4.79 Å². The summed E-state index contributed by atoms with van der Waals surface area (Å²) in [5, 5.41) is 5.72. The molecule has 0 atom stereocenters. The van der Waals surface area contributed by atoms with Crippen molar-refractivity contribution in [1.29, 1.82) is 0 Å². The zero-order valence-electron chi connectivity index (χ0n) is 14.5. The van der Waals surface area contributed by atoms with Gasteiger partial charge in [-0.05, 0) is 29.9 Å². The lowest BCUT2D eigenvalue weighted by atomic mass is 9.86. The van der Waals surface area contributed by atoms with Crippen molar-refractivity contribution in [2.75, 3.05) is 25.5 Å². The van der Waals surface area contributed by atoms with E-state index in [0.717, 1.165) is 11.3 Å². The van der Waals surface area contributed by atoms with E-state index in [1.54, 1.807) is 11.9 Å². The van der Waals surface area contributed by atoms with Crippen LogP contribution in [-0.2, 0) is 10.2 Å². The molecule has 126 valence electrons. The van der Waals surface area contributed by atoms with Crippen molar-refractivity contribution in [2.24, 2.45) is 5.92 Å². The summed E-state index contributed by atoms with van der Waals surface area (Å²) in [5.74, 6) is 0.0917. The number of piperidine rings is 1. The van der Waals surface area contributed by atoms with Crippen LogP contribution >= 0.6 is 0 Å². The number of likely N-dealkylation sites (tertiary alicyclic amines) is 1. The Labute approximate surface area is 138 Å². The van der Waals surface area contributed by atoms with E-state index in [2.05, 4.69) is 31.4 Å². The molecule has 1 heterocycles. The van der Waals surface area contributed by atoms with Crippen LogP contribution in [0.3, 0.4) is 0 Å². The van der Waals surface area contributed by atoms with Gasteiger partial charge in [0.1, 0.15) is 0 Å². The Hall–Kier alpha value is -2.04. The molecule has 1 aromatic carbocycles. The van der Waals surface area contributed by atoms with Crippen LogP contribution in [0, 0.1) is 5.92 Å². The molecule has 2 rings (SSSR count). The highest BCUT2D eigenvalue weighted by Gasteiger charge is 2.27. The zero-order chi connectivity index (χ0) is 17.0. The quantitative estimate of drug-likeness (QED) is 0.881. The summed E-state index contributed by atoms with van der Waals surface area (Å²) >= 11 is 0. The topological polar surface area (TPSA) is 61.4 Å². The lowest BCUT2D eigenvalue weighted by Crippen LogP contribution is -2.44. The summed E-state index contributed by atoms with van der Waals surface area (Å²) in [6.07, 6.45) is 1.43. The van der Waals surface area contributed by atoms with Crippen molar-refractivity contribution in [1.82, 2.24) is 10.2 Å². The van der Waals surface area contributed by atoms with Crippen molar-refractivity contribution >= 4 is 17.6 Å².